The fourth-order valence-corrected chi connectivity index (χ4v) is 4.45. The highest BCUT2D eigenvalue weighted by molar-refractivity contribution is 5.99. The van der Waals surface area contributed by atoms with E-state index in [1.54, 1.807) is 0 Å². The Balaban J connectivity index is 1.54. The third-order valence-corrected chi connectivity index (χ3v) is 6.22. The van der Waals surface area contributed by atoms with Crippen LogP contribution in [0.3, 0.4) is 0 Å². The maximum atomic E-state index is 4.79. The van der Waals surface area contributed by atoms with Crippen molar-refractivity contribution < 1.29 is 0 Å². The fourth-order valence-electron chi connectivity index (χ4n) is 4.45. The van der Waals surface area contributed by atoms with E-state index in [2.05, 4.69) is 40.7 Å². The maximum absolute atomic E-state index is 4.79. The SMILES string of the molecule is CNc1ccc2nccc(-c3cnn4cc(/C=C5/CCCC(C)CC5)cnc34)c2c1. The van der Waals surface area contributed by atoms with E-state index in [-0.39, 0.29) is 0 Å². The molecule has 1 aromatic carbocycles. The quantitative estimate of drug-likeness (QED) is 0.433. The lowest BCUT2D eigenvalue weighted by Crippen LogP contribution is -1.93. The summed E-state index contributed by atoms with van der Waals surface area (Å²) in [6, 6.07) is 8.26. The number of anilines is 1. The molecule has 1 N–H and O–H groups in total. The number of allylic oxidation sites excluding steroid dienone is 1. The summed E-state index contributed by atoms with van der Waals surface area (Å²) in [6.45, 7) is 2.37. The standard InChI is InChI=1S/C25H27N5/c1-17-4-3-5-18(7-6-17)12-19-14-28-25-23(15-29-30(25)16-19)21-10-11-27-24-9-8-20(26-2)13-22(21)24/h8-17,26H,3-7H2,1-2H3/b18-12-. The van der Waals surface area contributed by atoms with Crippen molar-refractivity contribution in [3.05, 3.63) is 60.2 Å². The molecule has 1 fully saturated rings. The van der Waals surface area contributed by atoms with E-state index < -0.39 is 0 Å². The molecule has 1 saturated carbocycles. The molecule has 3 heterocycles. The second kappa shape index (κ2) is 7.90. The number of nitrogens with one attached hydrogen (secondary N) is 1. The van der Waals surface area contributed by atoms with Gasteiger partial charge in [-0.2, -0.15) is 5.10 Å². The molecule has 1 atom stereocenters. The van der Waals surface area contributed by atoms with Crippen molar-refractivity contribution in [2.75, 3.05) is 12.4 Å². The van der Waals surface area contributed by atoms with Crippen molar-refractivity contribution in [1.82, 2.24) is 19.6 Å². The van der Waals surface area contributed by atoms with Crippen molar-refractivity contribution in [1.29, 1.82) is 0 Å². The number of benzene rings is 1. The molecular weight excluding hydrogens is 370 g/mol. The Morgan fingerprint density at radius 2 is 2.00 bits per heavy atom. The van der Waals surface area contributed by atoms with Crippen molar-refractivity contribution >= 4 is 28.3 Å². The van der Waals surface area contributed by atoms with Gasteiger partial charge >= 0.3 is 0 Å². The third-order valence-electron chi connectivity index (χ3n) is 6.22. The first-order chi connectivity index (χ1) is 14.7. The molecule has 0 aliphatic heterocycles. The number of fused-ring (bicyclic) bond motifs is 2. The normalized spacial score (nSPS) is 18.7. The molecule has 30 heavy (non-hydrogen) atoms. The Morgan fingerprint density at radius 3 is 2.90 bits per heavy atom. The zero-order chi connectivity index (χ0) is 20.5. The van der Waals surface area contributed by atoms with Gasteiger partial charge in [0.25, 0.3) is 0 Å². The van der Waals surface area contributed by atoms with Crippen LogP contribution in [-0.2, 0) is 0 Å². The van der Waals surface area contributed by atoms with E-state index >= 15 is 0 Å². The van der Waals surface area contributed by atoms with E-state index in [0.29, 0.717) is 0 Å². The zero-order valence-corrected chi connectivity index (χ0v) is 17.6. The van der Waals surface area contributed by atoms with E-state index in [1.807, 2.05) is 48.4 Å². The van der Waals surface area contributed by atoms with E-state index in [4.69, 9.17) is 4.98 Å². The van der Waals surface area contributed by atoms with Gasteiger partial charge in [0.15, 0.2) is 5.65 Å². The highest BCUT2D eigenvalue weighted by atomic mass is 15.2. The molecule has 1 aliphatic carbocycles. The van der Waals surface area contributed by atoms with Gasteiger partial charge in [-0.1, -0.05) is 25.0 Å². The van der Waals surface area contributed by atoms with E-state index in [0.717, 1.165) is 44.8 Å². The van der Waals surface area contributed by atoms with Crippen LogP contribution in [0.25, 0.3) is 33.8 Å². The molecule has 5 heteroatoms. The lowest BCUT2D eigenvalue weighted by Gasteiger charge is -2.07. The molecule has 0 bridgehead atoms. The zero-order valence-electron chi connectivity index (χ0n) is 17.6. The smallest absolute Gasteiger partial charge is 0.162 e. The molecule has 1 aliphatic rings. The molecule has 1 unspecified atom stereocenters. The van der Waals surface area contributed by atoms with Gasteiger partial charge in [0, 0.05) is 47.8 Å². The van der Waals surface area contributed by atoms with Gasteiger partial charge in [0.1, 0.15) is 0 Å². The minimum absolute atomic E-state index is 0.837. The minimum atomic E-state index is 0.837. The number of hydrogen-bond acceptors (Lipinski definition) is 4. The summed E-state index contributed by atoms with van der Waals surface area (Å²) in [5.41, 5.74) is 7.68. The number of hydrogen-bond donors (Lipinski definition) is 1. The number of nitrogens with zero attached hydrogens (tertiary/aromatic N) is 4. The summed E-state index contributed by atoms with van der Waals surface area (Å²) < 4.78 is 1.90. The van der Waals surface area contributed by atoms with Gasteiger partial charge in [-0.3, -0.25) is 4.98 Å². The predicted molar refractivity (Wildman–Crippen MR) is 123 cm³/mol. The fraction of sp³-hybridized carbons (Fsp3) is 0.320. The summed E-state index contributed by atoms with van der Waals surface area (Å²) >= 11 is 0. The van der Waals surface area contributed by atoms with Gasteiger partial charge in [0.05, 0.1) is 11.7 Å². The van der Waals surface area contributed by atoms with Crippen LogP contribution in [0.5, 0.6) is 0 Å². The van der Waals surface area contributed by atoms with Crippen molar-refractivity contribution in [3.63, 3.8) is 0 Å². The van der Waals surface area contributed by atoms with Crippen LogP contribution in [0.4, 0.5) is 5.69 Å². The van der Waals surface area contributed by atoms with Crippen LogP contribution in [0.1, 0.15) is 44.6 Å². The van der Waals surface area contributed by atoms with E-state index in [9.17, 15) is 0 Å². The molecule has 0 saturated heterocycles. The largest absolute Gasteiger partial charge is 0.388 e. The summed E-state index contributed by atoms with van der Waals surface area (Å²) in [6.07, 6.45) is 16.5. The van der Waals surface area contributed by atoms with Crippen LogP contribution in [0.2, 0.25) is 0 Å². The lowest BCUT2D eigenvalue weighted by atomic mass is 10.0. The Labute approximate surface area is 176 Å². The van der Waals surface area contributed by atoms with Crippen LogP contribution in [0.15, 0.2) is 54.6 Å². The Morgan fingerprint density at radius 1 is 1.07 bits per heavy atom. The molecule has 0 amide bonds. The monoisotopic (exact) mass is 397 g/mol. The first kappa shape index (κ1) is 18.8. The minimum Gasteiger partial charge on any atom is -0.388 e. The predicted octanol–water partition coefficient (Wildman–Crippen LogP) is 5.97. The lowest BCUT2D eigenvalue weighted by molar-refractivity contribution is 0.507. The van der Waals surface area contributed by atoms with Crippen LogP contribution < -0.4 is 5.32 Å². The molecule has 5 nitrogen and oxygen atoms in total. The number of rotatable bonds is 3. The van der Waals surface area contributed by atoms with Crippen LogP contribution in [0, 0.1) is 5.92 Å². The van der Waals surface area contributed by atoms with Gasteiger partial charge in [0.2, 0.25) is 0 Å². The Kier molecular flexibility index (Phi) is 4.95. The van der Waals surface area contributed by atoms with Crippen LogP contribution >= 0.6 is 0 Å². The van der Waals surface area contributed by atoms with Crippen molar-refractivity contribution in [2.45, 2.75) is 39.0 Å². The molecule has 152 valence electrons. The highest BCUT2D eigenvalue weighted by Gasteiger charge is 2.14. The van der Waals surface area contributed by atoms with Gasteiger partial charge in [-0.05, 0) is 61.4 Å². The molecule has 0 spiro atoms. The number of pyridine rings is 1. The third kappa shape index (κ3) is 3.56. The van der Waals surface area contributed by atoms with Gasteiger partial charge in [-0.15, -0.1) is 0 Å². The maximum Gasteiger partial charge on any atom is 0.162 e. The van der Waals surface area contributed by atoms with Crippen LogP contribution in [-0.4, -0.2) is 26.6 Å². The first-order valence-electron chi connectivity index (χ1n) is 10.8. The summed E-state index contributed by atoms with van der Waals surface area (Å²) in [5.74, 6) is 0.837. The van der Waals surface area contributed by atoms with Gasteiger partial charge in [-0.25, -0.2) is 9.50 Å². The molecule has 3 aromatic heterocycles. The molecular formula is C25H27N5. The average molecular weight is 398 g/mol. The summed E-state index contributed by atoms with van der Waals surface area (Å²) in [5, 5.41) is 8.93. The molecule has 5 rings (SSSR count). The second-order valence-corrected chi connectivity index (χ2v) is 8.39. The Bertz CT molecular complexity index is 1240. The molecule has 4 aromatic rings. The average Bonchev–Trinajstić information content (AvgIpc) is 3.08. The van der Waals surface area contributed by atoms with Crippen molar-refractivity contribution in [2.24, 2.45) is 5.92 Å². The van der Waals surface area contributed by atoms with Gasteiger partial charge < -0.3 is 5.32 Å². The Hall–Kier alpha value is -3.21. The topological polar surface area (TPSA) is 55.1 Å². The van der Waals surface area contributed by atoms with E-state index in [1.165, 1.54) is 37.7 Å². The first-order valence-corrected chi connectivity index (χ1v) is 10.8. The number of aromatic nitrogens is 4. The highest BCUT2D eigenvalue weighted by Crippen LogP contribution is 2.32. The second-order valence-electron chi connectivity index (χ2n) is 8.39. The summed E-state index contributed by atoms with van der Waals surface area (Å²) in [7, 11) is 1.93. The van der Waals surface area contributed by atoms with Crippen molar-refractivity contribution in [3.8, 4) is 11.1 Å². The molecule has 0 radical (unpaired) electrons. The summed E-state index contributed by atoms with van der Waals surface area (Å²) in [4.78, 5) is 9.31.